The minimum atomic E-state index is -2.49. The minimum absolute atomic E-state index is 0.0123. The van der Waals surface area contributed by atoms with Crippen molar-refractivity contribution in [3.8, 4) is 0 Å². The van der Waals surface area contributed by atoms with E-state index in [0.29, 0.717) is 5.56 Å². The van der Waals surface area contributed by atoms with Crippen LogP contribution in [0.3, 0.4) is 0 Å². The van der Waals surface area contributed by atoms with Crippen molar-refractivity contribution in [2.45, 2.75) is 96.8 Å². The smallest absolute Gasteiger partial charge is 0.455 e. The summed E-state index contributed by atoms with van der Waals surface area (Å²) in [5.74, 6) is -5.55. The highest BCUT2D eigenvalue weighted by atomic mass is 35.6. The van der Waals surface area contributed by atoms with Crippen molar-refractivity contribution in [2.75, 3.05) is 19.8 Å². The number of aliphatic hydroxyl groups is 1. The number of Topliss-reactive ketones (excluding diaryl/α,β-unsaturated/α-hetero) is 1. The van der Waals surface area contributed by atoms with Gasteiger partial charge in [-0.1, -0.05) is 138 Å². The number of esters is 3. The van der Waals surface area contributed by atoms with E-state index < -0.39 is 128 Å². The van der Waals surface area contributed by atoms with Gasteiger partial charge in [-0.2, -0.15) is 0 Å². The van der Waals surface area contributed by atoms with Gasteiger partial charge in [0.05, 0.1) is 23.5 Å². The molecule has 21 heteroatoms. The first-order valence-electron chi connectivity index (χ1n) is 21.4. The Labute approximate surface area is 426 Å². The van der Waals surface area contributed by atoms with Crippen molar-refractivity contribution in [1.29, 1.82) is 0 Å². The summed E-state index contributed by atoms with van der Waals surface area (Å²) in [4.78, 5) is 85.2. The molecule has 3 aromatic rings. The molecule has 0 spiro atoms. The molecule has 0 amide bonds. The topological polar surface area (TPSA) is 196 Å². The van der Waals surface area contributed by atoms with Crippen molar-refractivity contribution in [3.05, 3.63) is 101 Å². The molecule has 3 fully saturated rings. The summed E-state index contributed by atoms with van der Waals surface area (Å²) in [6, 6.07) is 20.9. The Balaban J connectivity index is 1.44. The molecule has 1 aliphatic heterocycles. The van der Waals surface area contributed by atoms with Gasteiger partial charge in [0, 0.05) is 31.3 Å². The Kier molecular flexibility index (Phi) is 15.0. The van der Waals surface area contributed by atoms with Crippen LogP contribution in [0.2, 0.25) is 0 Å². The average Bonchev–Trinajstić information content (AvgIpc) is 3.27. The fraction of sp³-hybridized carbons (Fsp3) is 0.458. The lowest BCUT2D eigenvalue weighted by molar-refractivity contribution is -0.346. The predicted octanol–water partition coefficient (Wildman–Crippen LogP) is 9.56. The Bertz CT molecular complexity index is 2590. The zero-order valence-corrected chi connectivity index (χ0v) is 42.0. The standard InChI is InChI=1S/C48H46Cl6O15/c1-25-31(65-34(56)18-16-27-15-17-28-11-9-10-14-30(28)19-27)21-46(61)39(68-40(58)29-12-7-6-8-13-29)37-44(5,38(57)36(35(25)43(46,3)4)67-42(60)64-24-48(52,53)54)32(66-41(59)63-23-47(49,50)51)20-33-45(37,22-62-33)69-26(2)55/h6-19,31-33,36-37,39,61H,20-24H2,1-5H3/b18-16+/t31-,32-,33+,36+,37-,39-,44+,45-,46+/m0/s1. The molecular formula is C48H46Cl6O15. The summed E-state index contributed by atoms with van der Waals surface area (Å²) < 4.78 is 42.6. The minimum Gasteiger partial charge on any atom is -0.455 e. The second-order valence-corrected chi connectivity index (χ2v) is 23.1. The first-order chi connectivity index (χ1) is 32.2. The van der Waals surface area contributed by atoms with Crippen molar-refractivity contribution in [2.24, 2.45) is 16.7 Å². The first kappa shape index (κ1) is 52.5. The largest absolute Gasteiger partial charge is 0.509 e. The van der Waals surface area contributed by atoms with Crippen LogP contribution in [0.25, 0.3) is 16.8 Å². The molecule has 3 aromatic carbocycles. The zero-order chi connectivity index (χ0) is 50.5. The van der Waals surface area contributed by atoms with Gasteiger partial charge in [-0.3, -0.25) is 9.59 Å². The third-order valence-corrected chi connectivity index (χ3v) is 14.1. The van der Waals surface area contributed by atoms with E-state index in [1.54, 1.807) is 24.3 Å². The van der Waals surface area contributed by atoms with Crippen LogP contribution in [0, 0.1) is 16.7 Å². The Morgan fingerprint density at radius 2 is 1.42 bits per heavy atom. The van der Waals surface area contributed by atoms with Crippen LogP contribution < -0.4 is 0 Å². The number of carbonyl (C=O) groups excluding carboxylic acids is 6. The van der Waals surface area contributed by atoms with Gasteiger partial charge < -0.3 is 43.0 Å². The molecule has 0 unspecified atom stereocenters. The SMILES string of the molecule is CC(=O)O[C@@]12CO[C@@H]1C[C@H](OC(=O)OCC(Cl)(Cl)Cl)[C@@]1(C)C(=O)[C@H](OC(=O)OCC(Cl)(Cl)Cl)C3=C(C)[C@@H](OC(=O)/C=C/c4ccc5ccccc5c4)C[C@@](O)([C@@H](OC(=O)c4ccccc4)[C@H]21)C3(C)C. The molecule has 69 heavy (non-hydrogen) atoms. The van der Waals surface area contributed by atoms with E-state index in [-0.39, 0.29) is 23.1 Å². The molecular weight excluding hydrogens is 1030 g/mol. The number of rotatable bonds is 10. The van der Waals surface area contributed by atoms with Crippen molar-refractivity contribution < 1.29 is 71.8 Å². The summed E-state index contributed by atoms with van der Waals surface area (Å²) in [6.45, 7) is 4.84. The number of hydrogen-bond acceptors (Lipinski definition) is 15. The third kappa shape index (κ3) is 10.5. The van der Waals surface area contributed by atoms with E-state index in [1.165, 1.54) is 52.0 Å². The summed E-state index contributed by atoms with van der Waals surface area (Å²) >= 11 is 35.3. The van der Waals surface area contributed by atoms with Gasteiger partial charge in [-0.15, -0.1) is 0 Å². The second kappa shape index (κ2) is 19.7. The summed E-state index contributed by atoms with van der Waals surface area (Å²) in [5.41, 5.74) is -7.88. The Morgan fingerprint density at radius 1 is 0.812 bits per heavy atom. The van der Waals surface area contributed by atoms with Crippen LogP contribution in [-0.4, -0.2) is 110 Å². The van der Waals surface area contributed by atoms with Crippen LogP contribution in [-0.2, 0) is 52.3 Å². The van der Waals surface area contributed by atoms with E-state index in [2.05, 4.69) is 0 Å². The van der Waals surface area contributed by atoms with Crippen LogP contribution >= 0.6 is 69.6 Å². The van der Waals surface area contributed by atoms with Gasteiger partial charge >= 0.3 is 30.2 Å². The highest BCUT2D eigenvalue weighted by Gasteiger charge is 2.79. The lowest BCUT2D eigenvalue weighted by Crippen LogP contribution is -2.82. The maximum absolute atomic E-state index is 16.2. The molecule has 2 bridgehead atoms. The Hall–Kier alpha value is -4.32. The normalized spacial score (nSPS) is 29.5. The zero-order valence-electron chi connectivity index (χ0n) is 37.5. The number of benzene rings is 3. The van der Waals surface area contributed by atoms with Gasteiger partial charge in [0.15, 0.2) is 17.5 Å². The monoisotopic (exact) mass is 1070 g/mol. The second-order valence-electron chi connectivity index (χ2n) is 18.0. The summed E-state index contributed by atoms with van der Waals surface area (Å²) in [5, 5.41) is 15.8. The molecule has 15 nitrogen and oxygen atoms in total. The predicted molar refractivity (Wildman–Crippen MR) is 253 cm³/mol. The average molecular weight is 1080 g/mol. The molecule has 3 aliphatic carbocycles. The lowest BCUT2D eigenvalue weighted by atomic mass is 9.44. The maximum Gasteiger partial charge on any atom is 0.509 e. The van der Waals surface area contributed by atoms with Crippen LogP contribution in [0.1, 0.15) is 63.4 Å². The molecule has 9 atom stereocenters. The van der Waals surface area contributed by atoms with E-state index in [4.69, 9.17) is 108 Å². The summed E-state index contributed by atoms with van der Waals surface area (Å²) in [7, 11) is 0. The highest BCUT2D eigenvalue weighted by molar-refractivity contribution is 6.68. The number of hydrogen-bond donors (Lipinski definition) is 1. The van der Waals surface area contributed by atoms with E-state index in [9.17, 15) is 29.1 Å². The summed E-state index contributed by atoms with van der Waals surface area (Å²) in [6.07, 6.45) is -9.57. The number of carbonyl (C=O) groups is 6. The molecule has 4 aliphatic rings. The molecule has 1 saturated heterocycles. The molecule has 1 heterocycles. The van der Waals surface area contributed by atoms with Crippen LogP contribution in [0.4, 0.5) is 9.59 Å². The van der Waals surface area contributed by atoms with Gasteiger partial charge in [0.2, 0.25) is 7.59 Å². The fourth-order valence-electron chi connectivity index (χ4n) is 10.2. The van der Waals surface area contributed by atoms with E-state index >= 15 is 4.79 Å². The first-order valence-corrected chi connectivity index (χ1v) is 23.7. The van der Waals surface area contributed by atoms with Gasteiger partial charge in [-0.05, 0) is 65.6 Å². The maximum atomic E-state index is 16.2. The van der Waals surface area contributed by atoms with Gasteiger partial charge in [0.25, 0.3) is 0 Å². The number of halogens is 6. The van der Waals surface area contributed by atoms with Gasteiger partial charge in [-0.25, -0.2) is 19.2 Å². The van der Waals surface area contributed by atoms with Crippen molar-refractivity contribution >= 4 is 122 Å². The van der Waals surface area contributed by atoms with Crippen LogP contribution in [0.5, 0.6) is 0 Å². The molecule has 0 radical (unpaired) electrons. The molecule has 2 saturated carbocycles. The van der Waals surface area contributed by atoms with E-state index in [1.807, 2.05) is 36.4 Å². The van der Waals surface area contributed by atoms with Crippen molar-refractivity contribution in [1.82, 2.24) is 0 Å². The quantitative estimate of drug-likeness (QED) is 0.0662. The molecule has 370 valence electrons. The van der Waals surface area contributed by atoms with Gasteiger partial charge in [0.1, 0.15) is 43.2 Å². The number of alkyl halides is 6. The molecule has 7 rings (SSSR count). The molecule has 1 N–H and O–H groups in total. The van der Waals surface area contributed by atoms with E-state index in [0.717, 1.165) is 17.7 Å². The van der Waals surface area contributed by atoms with Crippen LogP contribution in [0.15, 0.2) is 90.0 Å². The van der Waals surface area contributed by atoms with Crippen molar-refractivity contribution in [3.63, 3.8) is 0 Å². The third-order valence-electron chi connectivity index (χ3n) is 13.5. The molecule has 0 aromatic heterocycles. The lowest BCUT2D eigenvalue weighted by Gasteiger charge is -2.67. The highest BCUT2D eigenvalue weighted by Crippen LogP contribution is 2.65. The number of ether oxygens (including phenoxy) is 8. The Morgan fingerprint density at radius 3 is 2.01 bits per heavy atom. The number of ketones is 1. The fourth-order valence-corrected chi connectivity index (χ4v) is 10.5. The number of fused-ring (bicyclic) bond motifs is 6.